The molecule has 0 nitrogen and oxygen atoms in total. The van der Waals surface area contributed by atoms with Gasteiger partial charge in [-0.05, 0) is 16.3 Å². The van der Waals surface area contributed by atoms with Gasteiger partial charge in [0.15, 0.2) is 0 Å². The Morgan fingerprint density at radius 1 is 1.15 bits per heavy atom. The lowest BCUT2D eigenvalue weighted by Gasteiger charge is -2.03. The zero-order chi connectivity index (χ0) is 9.97. The van der Waals surface area contributed by atoms with Gasteiger partial charge in [-0.2, -0.15) is 0 Å². The number of hydrogen-bond acceptors (Lipinski definition) is 0. The van der Waals surface area contributed by atoms with Gasteiger partial charge < -0.3 is 0 Å². The van der Waals surface area contributed by atoms with Gasteiger partial charge in [0, 0.05) is 4.48 Å². The summed E-state index contributed by atoms with van der Waals surface area (Å²) in [6.45, 7) is 1.32. The van der Waals surface area contributed by atoms with Crippen molar-refractivity contribution in [1.82, 2.24) is 0 Å². The minimum atomic E-state index is 0.814. The van der Waals surface area contributed by atoms with Gasteiger partial charge in [0.05, 0.1) is 1.37 Å². The minimum Gasteiger partial charge on any atom is -0.0841 e. The highest BCUT2D eigenvalue weighted by Gasteiger charge is 1.99. The molecular weight excluding hydrogens is 224 g/mol. The Balaban J connectivity index is 2.77. The van der Waals surface area contributed by atoms with Crippen LogP contribution in [0.25, 0.3) is 15.3 Å². The molecule has 0 saturated carbocycles. The van der Waals surface area contributed by atoms with Crippen molar-refractivity contribution in [2.24, 2.45) is 0 Å². The predicted octanol–water partition coefficient (Wildman–Crippen LogP) is 4.21. The third-order valence-corrected chi connectivity index (χ3v) is 2.47. The lowest BCUT2D eigenvalue weighted by Crippen LogP contribution is -1.78. The number of halogens is 1. The third kappa shape index (κ3) is 1.52. The van der Waals surface area contributed by atoms with E-state index in [0.717, 1.165) is 10.0 Å². The van der Waals surface area contributed by atoms with Crippen LogP contribution < -0.4 is 0 Å². The van der Waals surface area contributed by atoms with E-state index in [1.165, 1.54) is 17.3 Å². The standard InChI is InChI=1S/C12H9Br/c1-9(13)11-8-4-6-10-5-2-3-7-12(10)11/h2-8H,1H2/i1D. The predicted molar refractivity (Wildman–Crippen MR) is 61.9 cm³/mol. The molecule has 0 spiro atoms. The second-order valence-electron chi connectivity index (χ2n) is 2.87. The van der Waals surface area contributed by atoms with E-state index in [2.05, 4.69) is 34.1 Å². The SMILES string of the molecule is [2H]C=C(Br)c1cccc2ccccc12. The first kappa shape index (κ1) is 7.34. The largest absolute Gasteiger partial charge is 0.0841 e. The molecule has 1 heteroatoms. The molecule has 0 unspecified atom stereocenters. The van der Waals surface area contributed by atoms with E-state index in [1.807, 2.05) is 24.3 Å². The quantitative estimate of drug-likeness (QED) is 0.693. The van der Waals surface area contributed by atoms with Gasteiger partial charge in [-0.1, -0.05) is 64.9 Å². The highest BCUT2D eigenvalue weighted by molar-refractivity contribution is 9.15. The second-order valence-corrected chi connectivity index (χ2v) is 3.73. The van der Waals surface area contributed by atoms with Gasteiger partial charge in [0.1, 0.15) is 0 Å². The number of rotatable bonds is 1. The number of benzene rings is 2. The van der Waals surface area contributed by atoms with Crippen LogP contribution in [-0.4, -0.2) is 0 Å². The summed E-state index contributed by atoms with van der Waals surface area (Å²) in [5.74, 6) is 0. The molecule has 13 heavy (non-hydrogen) atoms. The highest BCUT2D eigenvalue weighted by atomic mass is 79.9. The first-order chi connectivity index (χ1) is 6.83. The molecule has 64 valence electrons. The fourth-order valence-corrected chi connectivity index (χ4v) is 1.78. The summed E-state index contributed by atoms with van der Waals surface area (Å²) in [6.07, 6.45) is 0. The Morgan fingerprint density at radius 3 is 2.77 bits per heavy atom. The van der Waals surface area contributed by atoms with E-state index < -0.39 is 0 Å². The Labute approximate surface area is 87.4 Å². The summed E-state index contributed by atoms with van der Waals surface area (Å²) in [4.78, 5) is 0. The molecule has 2 aromatic carbocycles. The molecule has 0 atom stereocenters. The lowest BCUT2D eigenvalue weighted by atomic mass is 10.1. The first-order valence-corrected chi connectivity index (χ1v) is 4.84. The Hall–Kier alpha value is -1.08. The Kier molecular flexibility index (Phi) is 1.89. The summed E-state index contributed by atoms with van der Waals surface area (Å²) in [5.41, 5.74) is 1.07. The van der Waals surface area contributed by atoms with Crippen molar-refractivity contribution in [3.63, 3.8) is 0 Å². The number of hydrogen-bond donors (Lipinski definition) is 0. The monoisotopic (exact) mass is 233 g/mol. The normalized spacial score (nSPS) is 13.0. The van der Waals surface area contributed by atoms with E-state index in [1.54, 1.807) is 0 Å². The van der Waals surface area contributed by atoms with Crippen LogP contribution in [-0.2, 0) is 0 Å². The zero-order valence-corrected chi connectivity index (χ0v) is 8.58. The fraction of sp³-hybridized carbons (Fsp3) is 0. The first-order valence-electron chi connectivity index (χ1n) is 4.63. The Bertz CT molecular complexity index is 483. The van der Waals surface area contributed by atoms with Crippen molar-refractivity contribution in [2.75, 3.05) is 0 Å². The smallest absolute Gasteiger partial charge is 0.0550 e. The molecule has 0 fully saturated rings. The van der Waals surface area contributed by atoms with Crippen molar-refractivity contribution in [3.8, 4) is 0 Å². The van der Waals surface area contributed by atoms with Crippen LogP contribution in [0.3, 0.4) is 0 Å². The Morgan fingerprint density at radius 2 is 1.92 bits per heavy atom. The minimum absolute atomic E-state index is 0.814. The van der Waals surface area contributed by atoms with Crippen molar-refractivity contribution in [1.29, 1.82) is 0 Å². The van der Waals surface area contributed by atoms with Crippen molar-refractivity contribution >= 4 is 31.2 Å². The average Bonchev–Trinajstić information content (AvgIpc) is 2.27. The molecule has 2 rings (SSSR count). The molecule has 0 bridgehead atoms. The van der Waals surface area contributed by atoms with Crippen LogP contribution in [0.15, 0.2) is 49.0 Å². The van der Waals surface area contributed by atoms with Gasteiger partial charge in [0.2, 0.25) is 0 Å². The summed E-state index contributed by atoms with van der Waals surface area (Å²) in [7, 11) is 0. The van der Waals surface area contributed by atoms with E-state index in [0.29, 0.717) is 0 Å². The van der Waals surface area contributed by atoms with Gasteiger partial charge in [0.25, 0.3) is 0 Å². The second kappa shape index (κ2) is 3.35. The van der Waals surface area contributed by atoms with Crippen molar-refractivity contribution in [2.45, 2.75) is 0 Å². The maximum atomic E-state index is 7.21. The maximum Gasteiger partial charge on any atom is 0.0550 e. The van der Waals surface area contributed by atoms with Gasteiger partial charge in [-0.3, -0.25) is 0 Å². The topological polar surface area (TPSA) is 0 Å². The molecule has 0 aliphatic rings. The summed E-state index contributed by atoms with van der Waals surface area (Å²) in [6, 6.07) is 14.3. The van der Waals surface area contributed by atoms with E-state index in [9.17, 15) is 0 Å². The molecule has 0 N–H and O–H groups in total. The molecule has 0 aromatic heterocycles. The summed E-state index contributed by atoms with van der Waals surface area (Å²) >= 11 is 3.38. The molecule has 0 aliphatic heterocycles. The summed E-state index contributed by atoms with van der Waals surface area (Å²) in [5, 5.41) is 2.37. The molecule has 0 aliphatic carbocycles. The van der Waals surface area contributed by atoms with E-state index in [-0.39, 0.29) is 0 Å². The number of fused-ring (bicyclic) bond motifs is 1. The van der Waals surface area contributed by atoms with Crippen LogP contribution in [0.5, 0.6) is 0 Å². The highest BCUT2D eigenvalue weighted by Crippen LogP contribution is 2.27. The van der Waals surface area contributed by atoms with Crippen LogP contribution in [0.2, 0.25) is 0 Å². The van der Waals surface area contributed by atoms with Gasteiger partial charge in [-0.15, -0.1) is 0 Å². The fourth-order valence-electron chi connectivity index (χ4n) is 1.43. The van der Waals surface area contributed by atoms with Crippen molar-refractivity contribution in [3.05, 3.63) is 54.6 Å². The van der Waals surface area contributed by atoms with Gasteiger partial charge in [-0.25, -0.2) is 0 Å². The van der Waals surface area contributed by atoms with Crippen molar-refractivity contribution < 1.29 is 1.37 Å². The molecular formula is C12H9Br. The molecule has 0 radical (unpaired) electrons. The summed E-state index contributed by atoms with van der Waals surface area (Å²) < 4.78 is 8.03. The van der Waals surface area contributed by atoms with E-state index in [4.69, 9.17) is 1.37 Å². The molecule has 2 aromatic rings. The average molecular weight is 234 g/mol. The third-order valence-electron chi connectivity index (χ3n) is 2.05. The maximum absolute atomic E-state index is 7.21. The van der Waals surface area contributed by atoms with Crippen LogP contribution >= 0.6 is 15.9 Å². The molecule has 0 heterocycles. The molecule has 0 saturated heterocycles. The zero-order valence-electron chi connectivity index (χ0n) is 8.00. The van der Waals surface area contributed by atoms with Crippen LogP contribution in [0.4, 0.5) is 0 Å². The van der Waals surface area contributed by atoms with Crippen LogP contribution in [0, 0.1) is 0 Å². The molecule has 0 amide bonds. The van der Waals surface area contributed by atoms with E-state index >= 15 is 0 Å². The van der Waals surface area contributed by atoms with Gasteiger partial charge >= 0.3 is 0 Å². The lowest BCUT2D eigenvalue weighted by molar-refractivity contribution is 1.71. The van der Waals surface area contributed by atoms with Crippen LogP contribution in [0.1, 0.15) is 6.93 Å².